The molecule has 5 heteroatoms. The van der Waals surface area contributed by atoms with Crippen LogP contribution in [0.1, 0.15) is 11.3 Å². The number of halogens is 2. The number of aryl methyl sites for hydroxylation is 1. The minimum atomic E-state index is -0.344. The molecule has 0 atom stereocenters. The van der Waals surface area contributed by atoms with Gasteiger partial charge in [-0.2, -0.15) is 5.10 Å². The highest BCUT2D eigenvalue weighted by molar-refractivity contribution is 9.10. The predicted octanol–water partition coefficient (Wildman–Crippen LogP) is 2.50. The van der Waals surface area contributed by atoms with E-state index in [0.717, 1.165) is 5.69 Å². The van der Waals surface area contributed by atoms with Gasteiger partial charge in [0.1, 0.15) is 5.82 Å². The first-order chi connectivity index (χ1) is 8.08. The van der Waals surface area contributed by atoms with Gasteiger partial charge in [-0.1, -0.05) is 12.1 Å². The molecule has 0 aliphatic carbocycles. The van der Waals surface area contributed by atoms with Gasteiger partial charge in [-0.25, -0.2) is 9.07 Å². The van der Waals surface area contributed by atoms with Crippen molar-refractivity contribution in [3.63, 3.8) is 0 Å². The van der Waals surface area contributed by atoms with Gasteiger partial charge in [0, 0.05) is 6.07 Å². The van der Waals surface area contributed by atoms with Crippen LogP contribution in [-0.2, 0) is 6.54 Å². The summed E-state index contributed by atoms with van der Waals surface area (Å²) in [4.78, 5) is 11.6. The Kier molecular flexibility index (Phi) is 3.38. The third-order valence-corrected chi connectivity index (χ3v) is 3.24. The van der Waals surface area contributed by atoms with Gasteiger partial charge in [0.05, 0.1) is 16.7 Å². The molecule has 0 amide bonds. The van der Waals surface area contributed by atoms with E-state index in [9.17, 15) is 9.18 Å². The molecule has 2 aromatic rings. The normalized spacial score (nSPS) is 10.5. The molecule has 1 heterocycles. The van der Waals surface area contributed by atoms with Crippen LogP contribution in [0.2, 0.25) is 0 Å². The maximum Gasteiger partial charge on any atom is 0.267 e. The summed E-state index contributed by atoms with van der Waals surface area (Å²) in [5.41, 5.74) is 1.23. The first kappa shape index (κ1) is 12.0. The van der Waals surface area contributed by atoms with Crippen molar-refractivity contribution in [2.24, 2.45) is 0 Å². The van der Waals surface area contributed by atoms with Gasteiger partial charge in [0.25, 0.3) is 5.56 Å². The van der Waals surface area contributed by atoms with E-state index < -0.39 is 0 Å². The molecule has 0 aliphatic rings. The van der Waals surface area contributed by atoms with Crippen LogP contribution in [-0.4, -0.2) is 9.78 Å². The molecular weight excluding hydrogens is 287 g/mol. The molecular formula is C12H10BrFN2O. The smallest absolute Gasteiger partial charge is 0.267 e. The lowest BCUT2D eigenvalue weighted by Crippen LogP contribution is -2.23. The summed E-state index contributed by atoms with van der Waals surface area (Å²) in [6, 6.07) is 7.83. The molecule has 0 bridgehead atoms. The van der Waals surface area contributed by atoms with Gasteiger partial charge < -0.3 is 0 Å². The number of aromatic nitrogens is 2. The van der Waals surface area contributed by atoms with Gasteiger partial charge in [-0.15, -0.1) is 0 Å². The molecule has 1 aromatic heterocycles. The lowest BCUT2D eigenvalue weighted by molar-refractivity contribution is 0.600. The second-order valence-corrected chi connectivity index (χ2v) is 4.48. The molecule has 1 aromatic carbocycles. The summed E-state index contributed by atoms with van der Waals surface area (Å²) in [5, 5.41) is 4.10. The van der Waals surface area contributed by atoms with Gasteiger partial charge in [-0.05, 0) is 40.5 Å². The molecule has 0 radical (unpaired) electrons. The summed E-state index contributed by atoms with van der Waals surface area (Å²) in [6.45, 7) is 2.05. The molecule has 0 spiro atoms. The summed E-state index contributed by atoms with van der Waals surface area (Å²) < 4.78 is 15.0. The average Bonchev–Trinajstić information content (AvgIpc) is 2.30. The topological polar surface area (TPSA) is 34.9 Å². The Morgan fingerprint density at radius 1 is 1.35 bits per heavy atom. The molecule has 2 rings (SSSR count). The van der Waals surface area contributed by atoms with Gasteiger partial charge >= 0.3 is 0 Å². The molecule has 0 saturated heterocycles. The molecule has 3 nitrogen and oxygen atoms in total. The minimum Gasteiger partial charge on any atom is -0.268 e. The van der Waals surface area contributed by atoms with Crippen LogP contribution in [0.5, 0.6) is 0 Å². The zero-order valence-corrected chi connectivity index (χ0v) is 10.7. The Balaban J connectivity index is 2.41. The van der Waals surface area contributed by atoms with Crippen molar-refractivity contribution in [3.05, 3.63) is 62.2 Å². The third-order valence-electron chi connectivity index (χ3n) is 2.35. The third kappa shape index (κ3) is 2.61. The molecule has 0 aliphatic heterocycles. The van der Waals surface area contributed by atoms with Crippen LogP contribution in [0, 0.1) is 12.7 Å². The quantitative estimate of drug-likeness (QED) is 0.853. The van der Waals surface area contributed by atoms with Crippen molar-refractivity contribution in [3.8, 4) is 0 Å². The summed E-state index contributed by atoms with van der Waals surface area (Å²) in [7, 11) is 0. The van der Waals surface area contributed by atoms with Crippen LogP contribution < -0.4 is 5.56 Å². The molecule has 0 unspecified atom stereocenters. The van der Waals surface area contributed by atoms with E-state index >= 15 is 0 Å². The molecule has 0 fully saturated rings. The van der Waals surface area contributed by atoms with Crippen molar-refractivity contribution in [1.29, 1.82) is 0 Å². The fraction of sp³-hybridized carbons (Fsp3) is 0.167. The molecule has 17 heavy (non-hydrogen) atoms. The van der Waals surface area contributed by atoms with Crippen molar-refractivity contribution in [1.82, 2.24) is 9.78 Å². The minimum absolute atomic E-state index is 0.202. The lowest BCUT2D eigenvalue weighted by Gasteiger charge is -2.07. The first-order valence-electron chi connectivity index (χ1n) is 5.05. The maximum absolute atomic E-state index is 13.3. The van der Waals surface area contributed by atoms with Crippen LogP contribution in [0.25, 0.3) is 0 Å². The second kappa shape index (κ2) is 4.79. The number of nitrogens with zero attached hydrogens (tertiary/aromatic N) is 2. The Morgan fingerprint density at radius 3 is 2.88 bits per heavy atom. The SMILES string of the molecule is Cc1ccc(=O)n(Cc2cccc(F)c2Br)n1. The fourth-order valence-corrected chi connectivity index (χ4v) is 1.89. The van der Waals surface area contributed by atoms with E-state index in [1.54, 1.807) is 25.1 Å². The van der Waals surface area contributed by atoms with Crippen molar-refractivity contribution < 1.29 is 4.39 Å². The van der Waals surface area contributed by atoms with E-state index in [0.29, 0.717) is 10.0 Å². The molecule has 0 saturated carbocycles. The first-order valence-corrected chi connectivity index (χ1v) is 5.85. The summed E-state index contributed by atoms with van der Waals surface area (Å²) >= 11 is 3.16. The highest BCUT2D eigenvalue weighted by atomic mass is 79.9. The van der Waals surface area contributed by atoms with Crippen LogP contribution in [0.15, 0.2) is 39.6 Å². The van der Waals surface area contributed by atoms with Gasteiger partial charge in [0.2, 0.25) is 0 Å². The summed E-state index contributed by atoms with van der Waals surface area (Å²) in [5.74, 6) is -0.344. The number of hydrogen-bond acceptors (Lipinski definition) is 2. The van der Waals surface area contributed by atoms with Gasteiger partial charge in [-0.3, -0.25) is 4.79 Å². The van der Waals surface area contributed by atoms with Crippen LogP contribution in [0.3, 0.4) is 0 Å². The highest BCUT2D eigenvalue weighted by Gasteiger charge is 2.07. The fourth-order valence-electron chi connectivity index (χ4n) is 1.50. The highest BCUT2D eigenvalue weighted by Crippen LogP contribution is 2.20. The zero-order valence-electron chi connectivity index (χ0n) is 9.15. The molecule has 88 valence electrons. The Bertz CT molecular complexity index is 610. The van der Waals surface area contributed by atoms with E-state index in [-0.39, 0.29) is 17.9 Å². The maximum atomic E-state index is 13.3. The second-order valence-electron chi connectivity index (χ2n) is 3.68. The van der Waals surface area contributed by atoms with E-state index in [4.69, 9.17) is 0 Å². The number of benzene rings is 1. The van der Waals surface area contributed by atoms with Gasteiger partial charge in [0.15, 0.2) is 0 Å². The Labute approximate surface area is 106 Å². The number of rotatable bonds is 2. The van der Waals surface area contributed by atoms with Crippen LogP contribution >= 0.6 is 15.9 Å². The number of hydrogen-bond donors (Lipinski definition) is 0. The van der Waals surface area contributed by atoms with E-state index in [1.165, 1.54) is 16.8 Å². The summed E-state index contributed by atoms with van der Waals surface area (Å²) in [6.07, 6.45) is 0. The van der Waals surface area contributed by atoms with E-state index in [1.807, 2.05) is 0 Å². The Hall–Kier alpha value is -1.49. The largest absolute Gasteiger partial charge is 0.268 e. The standard InChI is InChI=1S/C12H10BrFN2O/c1-8-5-6-11(17)16(15-8)7-9-3-2-4-10(14)12(9)13/h2-6H,7H2,1H3. The van der Waals surface area contributed by atoms with Crippen molar-refractivity contribution in [2.45, 2.75) is 13.5 Å². The van der Waals surface area contributed by atoms with E-state index in [2.05, 4.69) is 21.0 Å². The van der Waals surface area contributed by atoms with Crippen LogP contribution in [0.4, 0.5) is 4.39 Å². The predicted molar refractivity (Wildman–Crippen MR) is 66.4 cm³/mol. The monoisotopic (exact) mass is 296 g/mol. The molecule has 0 N–H and O–H groups in total. The van der Waals surface area contributed by atoms with Crippen molar-refractivity contribution in [2.75, 3.05) is 0 Å². The van der Waals surface area contributed by atoms with Crippen molar-refractivity contribution >= 4 is 15.9 Å². The lowest BCUT2D eigenvalue weighted by atomic mass is 10.2. The Morgan fingerprint density at radius 2 is 2.12 bits per heavy atom. The average molecular weight is 297 g/mol. The zero-order chi connectivity index (χ0) is 12.4.